The van der Waals surface area contributed by atoms with Gasteiger partial charge < -0.3 is 4.90 Å². The number of rotatable bonds is 5. The zero-order valence-corrected chi connectivity index (χ0v) is 28.7. The highest BCUT2D eigenvalue weighted by Gasteiger charge is 2.31. The molecule has 0 fully saturated rings. The van der Waals surface area contributed by atoms with Gasteiger partial charge in [0.1, 0.15) is 5.69 Å². The lowest BCUT2D eigenvalue weighted by Gasteiger charge is -2.20. The van der Waals surface area contributed by atoms with E-state index in [2.05, 4.69) is 190 Å². The Morgan fingerprint density at radius 3 is 1.41 bits per heavy atom. The molecule has 0 aromatic heterocycles. The Balaban J connectivity index is 1.18. The first-order valence-corrected chi connectivity index (χ1v) is 17.9. The molecule has 1 aliphatic carbocycles. The number of quaternary nitrogens is 1. The van der Waals surface area contributed by atoms with Gasteiger partial charge in [-0.3, -0.25) is 0 Å². The second kappa shape index (κ2) is 11.7. The van der Waals surface area contributed by atoms with Gasteiger partial charge in [0, 0.05) is 0 Å². The first-order chi connectivity index (χ1) is 25.1. The van der Waals surface area contributed by atoms with Crippen molar-refractivity contribution in [3.63, 3.8) is 0 Å². The van der Waals surface area contributed by atoms with Crippen molar-refractivity contribution in [2.75, 3.05) is 14.1 Å². The maximum Gasteiger partial charge on any atom is 0.130 e. The van der Waals surface area contributed by atoms with Crippen molar-refractivity contribution in [2.45, 2.75) is 0 Å². The van der Waals surface area contributed by atoms with Crippen LogP contribution in [0.2, 0.25) is 0 Å². The molecule has 0 atom stereocenters. The van der Waals surface area contributed by atoms with E-state index < -0.39 is 0 Å². The molecular formula is C50H36N+. The molecule has 10 rings (SSSR count). The fourth-order valence-electron chi connectivity index (χ4n) is 8.45. The Kier molecular flexibility index (Phi) is 6.77. The first kappa shape index (κ1) is 29.6. The second-order valence-corrected chi connectivity index (χ2v) is 14.0. The Bertz CT molecular complexity index is 2700. The summed E-state index contributed by atoms with van der Waals surface area (Å²) in [4.78, 5) is 1.33. The SMILES string of the molecule is C[NH+](C)c1ccc(-c2ccc3cc(-c4ccc5c6c(cccc46)-c4c-5c(-c5ccccc5)c5ccccc5c4-c4ccccc4)ccc3c2)cc1. The standard InChI is InChI=1S/C50H35N/c1-51(2)39-26-24-32(25-27-39)35-20-21-37-31-38(23-22-36(37)30-35)40-28-29-45-48-41(40)18-11-19-44(48)49-46(33-12-5-3-6-13-33)42-16-9-10-17-43(42)47(50(45)49)34-14-7-4-8-15-34/h3-31H,1-2H3/p+1. The Morgan fingerprint density at radius 1 is 0.314 bits per heavy atom. The van der Waals surface area contributed by atoms with Gasteiger partial charge in [-0.05, 0) is 135 Å². The average molecular weight is 651 g/mol. The average Bonchev–Trinajstić information content (AvgIpc) is 3.52. The zero-order valence-electron chi connectivity index (χ0n) is 28.7. The minimum Gasteiger partial charge on any atom is -0.307 e. The molecule has 0 spiro atoms. The van der Waals surface area contributed by atoms with Gasteiger partial charge in [-0.2, -0.15) is 0 Å². The van der Waals surface area contributed by atoms with E-state index in [0.717, 1.165) is 0 Å². The molecule has 9 aromatic rings. The van der Waals surface area contributed by atoms with E-state index in [1.54, 1.807) is 0 Å². The van der Waals surface area contributed by atoms with E-state index in [9.17, 15) is 0 Å². The Labute approximate surface area is 298 Å². The second-order valence-electron chi connectivity index (χ2n) is 14.0. The lowest BCUT2D eigenvalue weighted by Crippen LogP contribution is -3.00. The van der Waals surface area contributed by atoms with E-state index in [4.69, 9.17) is 0 Å². The van der Waals surface area contributed by atoms with Gasteiger partial charge in [-0.15, -0.1) is 0 Å². The summed E-state index contributed by atoms with van der Waals surface area (Å²) in [6, 6.07) is 65.3. The minimum atomic E-state index is 1.24. The van der Waals surface area contributed by atoms with Gasteiger partial charge in [0.05, 0.1) is 14.1 Å². The predicted octanol–water partition coefficient (Wildman–Crippen LogP) is 12.2. The topological polar surface area (TPSA) is 4.44 Å². The lowest BCUT2D eigenvalue weighted by molar-refractivity contribution is -0.786. The number of benzene rings is 9. The lowest BCUT2D eigenvalue weighted by atomic mass is 9.82. The summed E-state index contributed by atoms with van der Waals surface area (Å²) >= 11 is 0. The zero-order chi connectivity index (χ0) is 34.1. The number of hydrogen-bond acceptors (Lipinski definition) is 0. The fraction of sp³-hybridized carbons (Fsp3) is 0.0400. The summed E-state index contributed by atoms with van der Waals surface area (Å²) in [6.07, 6.45) is 0. The van der Waals surface area contributed by atoms with Crippen molar-refractivity contribution in [3.05, 3.63) is 176 Å². The van der Waals surface area contributed by atoms with Crippen LogP contribution in [0.15, 0.2) is 176 Å². The highest BCUT2D eigenvalue weighted by Crippen LogP contribution is 2.58. The molecule has 51 heavy (non-hydrogen) atoms. The Morgan fingerprint density at radius 2 is 0.804 bits per heavy atom. The summed E-state index contributed by atoms with van der Waals surface area (Å²) in [7, 11) is 4.32. The molecule has 0 bridgehead atoms. The van der Waals surface area contributed by atoms with Crippen LogP contribution in [0.25, 0.3) is 99.1 Å². The van der Waals surface area contributed by atoms with Crippen LogP contribution in [0.4, 0.5) is 5.69 Å². The third-order valence-electron chi connectivity index (χ3n) is 10.9. The highest BCUT2D eigenvalue weighted by atomic mass is 15.1. The van der Waals surface area contributed by atoms with E-state index in [1.165, 1.54) is 110 Å². The van der Waals surface area contributed by atoms with Gasteiger partial charge >= 0.3 is 0 Å². The summed E-state index contributed by atoms with van der Waals surface area (Å²) < 4.78 is 0. The van der Waals surface area contributed by atoms with Crippen molar-refractivity contribution in [1.29, 1.82) is 0 Å². The molecule has 0 amide bonds. The van der Waals surface area contributed by atoms with Crippen LogP contribution in [-0.2, 0) is 0 Å². The minimum absolute atomic E-state index is 1.24. The molecular weight excluding hydrogens is 615 g/mol. The molecule has 1 heteroatoms. The third kappa shape index (κ3) is 4.66. The number of hydrogen-bond donors (Lipinski definition) is 1. The molecule has 9 aromatic carbocycles. The summed E-state index contributed by atoms with van der Waals surface area (Å²) in [5.74, 6) is 0. The van der Waals surface area contributed by atoms with Crippen LogP contribution < -0.4 is 4.90 Å². The van der Waals surface area contributed by atoms with E-state index >= 15 is 0 Å². The van der Waals surface area contributed by atoms with E-state index in [0.29, 0.717) is 0 Å². The van der Waals surface area contributed by atoms with Crippen molar-refractivity contribution in [3.8, 4) is 66.8 Å². The van der Waals surface area contributed by atoms with Crippen molar-refractivity contribution < 1.29 is 4.90 Å². The van der Waals surface area contributed by atoms with Crippen LogP contribution in [0.3, 0.4) is 0 Å². The molecule has 1 nitrogen and oxygen atoms in total. The predicted molar refractivity (Wildman–Crippen MR) is 218 cm³/mol. The van der Waals surface area contributed by atoms with Crippen molar-refractivity contribution in [2.24, 2.45) is 0 Å². The molecule has 0 aliphatic heterocycles. The Hall–Kier alpha value is -6.28. The van der Waals surface area contributed by atoms with E-state index in [-0.39, 0.29) is 0 Å². The highest BCUT2D eigenvalue weighted by molar-refractivity contribution is 6.28. The summed E-state index contributed by atoms with van der Waals surface area (Å²) in [6.45, 7) is 0. The molecule has 1 aliphatic rings. The normalized spacial score (nSPS) is 11.9. The summed E-state index contributed by atoms with van der Waals surface area (Å²) in [5.41, 5.74) is 16.7. The summed E-state index contributed by atoms with van der Waals surface area (Å²) in [5, 5.41) is 7.71. The largest absolute Gasteiger partial charge is 0.307 e. The van der Waals surface area contributed by atoms with Gasteiger partial charge in [0.15, 0.2) is 0 Å². The molecule has 0 saturated carbocycles. The van der Waals surface area contributed by atoms with Gasteiger partial charge in [-0.25, -0.2) is 0 Å². The van der Waals surface area contributed by atoms with Gasteiger partial charge in [-0.1, -0.05) is 140 Å². The fourth-order valence-corrected chi connectivity index (χ4v) is 8.45. The molecule has 0 radical (unpaired) electrons. The molecule has 0 heterocycles. The van der Waals surface area contributed by atoms with E-state index in [1.807, 2.05) is 0 Å². The molecule has 1 N–H and O–H groups in total. The van der Waals surface area contributed by atoms with Crippen LogP contribution >= 0.6 is 0 Å². The van der Waals surface area contributed by atoms with Crippen LogP contribution in [0.1, 0.15) is 0 Å². The first-order valence-electron chi connectivity index (χ1n) is 17.9. The molecule has 0 saturated heterocycles. The quantitative estimate of drug-likeness (QED) is 0.189. The van der Waals surface area contributed by atoms with Crippen LogP contribution in [0.5, 0.6) is 0 Å². The smallest absolute Gasteiger partial charge is 0.130 e. The maximum absolute atomic E-state index is 2.38. The van der Waals surface area contributed by atoms with Crippen molar-refractivity contribution in [1.82, 2.24) is 0 Å². The number of nitrogens with one attached hydrogen (secondary N) is 1. The molecule has 240 valence electrons. The van der Waals surface area contributed by atoms with Gasteiger partial charge in [0.25, 0.3) is 0 Å². The number of fused-ring (bicyclic) bond motifs is 5. The third-order valence-corrected chi connectivity index (χ3v) is 10.9. The van der Waals surface area contributed by atoms with Crippen LogP contribution in [0, 0.1) is 0 Å². The van der Waals surface area contributed by atoms with Crippen molar-refractivity contribution >= 4 is 38.0 Å². The molecule has 0 unspecified atom stereocenters. The van der Waals surface area contributed by atoms with Crippen LogP contribution in [-0.4, -0.2) is 14.1 Å². The van der Waals surface area contributed by atoms with Gasteiger partial charge in [0.2, 0.25) is 0 Å². The maximum atomic E-state index is 2.38. The monoisotopic (exact) mass is 650 g/mol.